The summed E-state index contributed by atoms with van der Waals surface area (Å²) in [7, 11) is 0. The number of hydrogen-bond donors (Lipinski definition) is 3. The van der Waals surface area contributed by atoms with Gasteiger partial charge in [-0.3, -0.25) is 0 Å². The summed E-state index contributed by atoms with van der Waals surface area (Å²) < 4.78 is 4.37. The van der Waals surface area contributed by atoms with Crippen molar-refractivity contribution in [2.75, 3.05) is 6.61 Å². The van der Waals surface area contributed by atoms with Crippen LogP contribution in [0.1, 0.15) is 6.92 Å². The Morgan fingerprint density at radius 2 is 1.44 bits per heavy atom. The molecule has 0 saturated heterocycles. The number of aliphatic hydroxyl groups excluding tert-OH is 2. The van der Waals surface area contributed by atoms with Crippen molar-refractivity contribution in [3.63, 3.8) is 0 Å². The molecule has 0 aliphatic heterocycles. The van der Waals surface area contributed by atoms with Crippen molar-refractivity contribution in [1.29, 1.82) is 5.53 Å². The van der Waals surface area contributed by atoms with Gasteiger partial charge >= 0.3 is 101 Å². The summed E-state index contributed by atoms with van der Waals surface area (Å²) in [6, 6.07) is 0. The minimum absolute atomic E-state index is 0. The zero-order valence-electron chi connectivity index (χ0n) is 14.0. The number of ether oxygens (including phenoxy) is 1. The smallest absolute Gasteiger partial charge is 0.870 e. The number of nitrogens with zero attached hydrogens (tertiary/aromatic N) is 5. The predicted molar refractivity (Wildman–Crippen MR) is 60.2 cm³/mol. The van der Waals surface area contributed by atoms with Crippen molar-refractivity contribution in [2.45, 2.75) is 6.92 Å². The number of hydrogen-bond acceptors (Lipinski definition) is 12. The average molecular weight is 389 g/mol. The normalized spacial score (nSPS) is 6.76. The van der Waals surface area contributed by atoms with E-state index in [2.05, 4.69) is 29.9 Å². The van der Waals surface area contributed by atoms with Gasteiger partial charge in [0.05, 0.1) is 28.8 Å². The van der Waals surface area contributed by atoms with Crippen LogP contribution in [0, 0.1) is 5.53 Å². The molecular weight excluding hydrogens is 377 g/mol. The van der Waals surface area contributed by atoms with Crippen LogP contribution in [0.15, 0.2) is 0 Å². The van der Waals surface area contributed by atoms with Gasteiger partial charge < -0.3 is 36.1 Å². The second kappa shape index (κ2) is 23.6. The Bertz CT molecular complexity index is 571. The summed E-state index contributed by atoms with van der Waals surface area (Å²) in [5.74, 6) is -3.39. The van der Waals surface area contributed by atoms with Crippen LogP contribution < -0.4 is 110 Å². The van der Waals surface area contributed by atoms with Gasteiger partial charge in [0.1, 0.15) is 0 Å². The van der Waals surface area contributed by atoms with Crippen LogP contribution in [0.3, 0.4) is 0 Å². The first-order chi connectivity index (χ1) is 9.42. The SMILES string of the molecule is CCOC(=O)C=[N+]=N.O.[Na+].[Na+].[Na+].[O-]C(O)=c1nnc(=C([O-])O)nn1.[OH-]. The van der Waals surface area contributed by atoms with Crippen molar-refractivity contribution >= 4 is 24.1 Å². The first-order valence-electron chi connectivity index (χ1n) is 4.82. The molecule has 1 aromatic rings. The number of nitrogens with one attached hydrogen (secondary N) is 1. The third-order valence-corrected chi connectivity index (χ3v) is 1.32. The third-order valence-electron chi connectivity index (χ3n) is 1.32. The van der Waals surface area contributed by atoms with Gasteiger partial charge in [0.15, 0.2) is 0 Å². The molecule has 0 saturated carbocycles. The van der Waals surface area contributed by atoms with Crippen molar-refractivity contribution in [1.82, 2.24) is 20.4 Å². The van der Waals surface area contributed by atoms with Gasteiger partial charge in [0.25, 0.3) is 0 Å². The van der Waals surface area contributed by atoms with E-state index in [1.807, 2.05) is 0 Å². The Labute approximate surface area is 206 Å². The maximum atomic E-state index is 10.2. The van der Waals surface area contributed by atoms with E-state index in [9.17, 15) is 15.0 Å². The van der Waals surface area contributed by atoms with E-state index in [1.54, 1.807) is 6.92 Å². The molecule has 0 spiro atoms. The molecule has 6 N–H and O–H groups in total. The number of esters is 1. The minimum atomic E-state index is -1.41. The summed E-state index contributed by atoms with van der Waals surface area (Å²) in [5, 5.41) is 48.8. The van der Waals surface area contributed by atoms with E-state index in [4.69, 9.17) is 15.7 Å². The summed E-state index contributed by atoms with van der Waals surface area (Å²) in [4.78, 5) is 12.9. The number of aromatic nitrogens is 4. The first kappa shape index (κ1) is 39.6. The maximum Gasteiger partial charge on any atom is 1.00 e. The fourth-order valence-corrected chi connectivity index (χ4v) is 0.633. The van der Waals surface area contributed by atoms with Crippen molar-refractivity contribution in [2.24, 2.45) is 0 Å². The molecule has 0 aliphatic rings. The van der Waals surface area contributed by atoms with Crippen molar-refractivity contribution < 1.29 is 134 Å². The molecule has 17 heteroatoms. The Balaban J connectivity index is -0.0000000634. The Hall–Kier alpha value is -0.350. The largest absolute Gasteiger partial charge is 1.00 e. The number of carbonyl (C=O) groups excluding carboxylic acids is 1. The molecule has 0 radical (unpaired) electrons. The fraction of sp³-hybridized carbons (Fsp3) is 0.250. The molecule has 0 unspecified atom stereocenters. The topological polar surface area (TPSA) is 264 Å². The molecule has 0 aliphatic carbocycles. The summed E-state index contributed by atoms with van der Waals surface area (Å²) in [5.41, 5.74) is 4.90. The van der Waals surface area contributed by atoms with Crippen LogP contribution in [0.5, 0.6) is 0 Å². The van der Waals surface area contributed by atoms with E-state index in [1.165, 1.54) is 0 Å². The molecule has 124 valence electrons. The van der Waals surface area contributed by atoms with Crippen molar-refractivity contribution in [3.8, 4) is 0 Å². The summed E-state index contributed by atoms with van der Waals surface area (Å²) in [6.07, 6.45) is 0.809. The Kier molecular flexibility index (Phi) is 37.5. The fourth-order valence-electron chi connectivity index (χ4n) is 0.633. The molecule has 1 rings (SSSR count). The van der Waals surface area contributed by atoms with Gasteiger partial charge in [-0.1, -0.05) is 0 Å². The van der Waals surface area contributed by atoms with E-state index in [0.717, 1.165) is 6.21 Å². The molecule has 1 heterocycles. The van der Waals surface area contributed by atoms with E-state index in [0.29, 0.717) is 6.61 Å². The maximum absolute atomic E-state index is 10.2. The molecule has 1 aromatic heterocycles. The van der Waals surface area contributed by atoms with Gasteiger partial charge in [-0.15, -0.1) is 20.4 Å². The second-order valence-electron chi connectivity index (χ2n) is 2.67. The number of carbonyl (C=O) groups is 1. The molecule has 25 heavy (non-hydrogen) atoms. The van der Waals surface area contributed by atoms with E-state index < -0.39 is 28.8 Å². The second-order valence-corrected chi connectivity index (χ2v) is 2.67. The molecule has 0 bridgehead atoms. The average Bonchev–Trinajstić information content (AvgIpc) is 2.40. The van der Waals surface area contributed by atoms with Crippen LogP contribution in [0.2, 0.25) is 0 Å². The third kappa shape index (κ3) is 19.8. The molecule has 0 fully saturated rings. The van der Waals surface area contributed by atoms with Gasteiger partial charge in [-0.2, -0.15) is 0 Å². The minimum Gasteiger partial charge on any atom is -0.870 e. The predicted octanol–water partition coefficient (Wildman–Crippen LogP) is -14.9. The molecule has 0 atom stereocenters. The monoisotopic (exact) mass is 389 g/mol. The molecule has 0 amide bonds. The molecular formula is C8H12N6Na3O8+. The van der Waals surface area contributed by atoms with Gasteiger partial charge in [0, 0.05) is 0 Å². The van der Waals surface area contributed by atoms with Crippen LogP contribution >= 0.6 is 0 Å². The van der Waals surface area contributed by atoms with Crippen LogP contribution in [0.25, 0.3) is 11.9 Å². The summed E-state index contributed by atoms with van der Waals surface area (Å²) >= 11 is 0. The van der Waals surface area contributed by atoms with Gasteiger partial charge in [-0.25, -0.2) is 4.79 Å². The summed E-state index contributed by atoms with van der Waals surface area (Å²) in [6.45, 7) is 2.01. The Morgan fingerprint density at radius 3 is 1.64 bits per heavy atom. The first-order valence-corrected chi connectivity index (χ1v) is 4.82. The van der Waals surface area contributed by atoms with Crippen LogP contribution in [-0.4, -0.2) is 65.1 Å². The van der Waals surface area contributed by atoms with Crippen LogP contribution in [0.4, 0.5) is 0 Å². The molecule has 14 nitrogen and oxygen atoms in total. The number of rotatable bonds is 2. The quantitative estimate of drug-likeness (QED) is 0.140. The molecule has 0 aromatic carbocycles. The van der Waals surface area contributed by atoms with Gasteiger partial charge in [0.2, 0.25) is 11.0 Å². The standard InChI is InChI=1S/C4H4N4O4.C4H7N2O2.3Na.2H2O/c9-3(10)1-5-7-2(4(11)12)8-6-1;1-2-8-4(7)3-6-5;;;;;/h9-12H;3,5H,2H2,1H3;;;;2*1H2/q;4*+1;;/p-3. The van der Waals surface area contributed by atoms with Crippen molar-refractivity contribution in [3.05, 3.63) is 11.0 Å². The zero-order chi connectivity index (χ0) is 15.5. The van der Waals surface area contributed by atoms with E-state index >= 15 is 0 Å². The van der Waals surface area contributed by atoms with Gasteiger partial charge in [-0.05, 0) is 6.92 Å². The number of aliphatic hydroxyl groups is 2. The van der Waals surface area contributed by atoms with E-state index in [-0.39, 0.29) is 99.6 Å². The zero-order valence-corrected chi connectivity index (χ0v) is 20.0. The van der Waals surface area contributed by atoms with Crippen LogP contribution in [-0.2, 0) is 9.53 Å². The Morgan fingerprint density at radius 1 is 1.12 bits per heavy atom.